The van der Waals surface area contributed by atoms with Gasteiger partial charge in [-0.15, -0.1) is 0 Å². The van der Waals surface area contributed by atoms with Gasteiger partial charge in [-0.25, -0.2) is 4.79 Å². The van der Waals surface area contributed by atoms with Crippen molar-refractivity contribution in [3.05, 3.63) is 29.8 Å². The summed E-state index contributed by atoms with van der Waals surface area (Å²) in [6.45, 7) is 3.14. The van der Waals surface area contributed by atoms with Crippen LogP contribution in [0.15, 0.2) is 24.3 Å². The van der Waals surface area contributed by atoms with Gasteiger partial charge in [0.05, 0.1) is 6.61 Å². The molecular weight excluding hydrogens is 230 g/mol. The van der Waals surface area contributed by atoms with Crippen LogP contribution in [0.4, 0.5) is 8.78 Å². The Labute approximate surface area is 98.3 Å². The Bertz CT molecular complexity index is 391. The number of hydrogen-bond donors (Lipinski definition) is 0. The fourth-order valence-electron chi connectivity index (χ4n) is 1.29. The number of aryl methyl sites for hydroxylation is 1. The minimum Gasteiger partial charge on any atom is -0.459 e. The van der Waals surface area contributed by atoms with E-state index in [9.17, 15) is 13.6 Å². The highest BCUT2D eigenvalue weighted by molar-refractivity contribution is 5.76. The zero-order valence-corrected chi connectivity index (χ0v) is 9.70. The molecule has 94 valence electrons. The number of ether oxygens (including phenoxy) is 2. The quantitative estimate of drug-likeness (QED) is 0.747. The molecule has 0 amide bonds. The number of para-hydroxylation sites is 1. The van der Waals surface area contributed by atoms with Gasteiger partial charge in [-0.05, 0) is 25.0 Å². The van der Waals surface area contributed by atoms with Crippen molar-refractivity contribution in [1.82, 2.24) is 0 Å². The second kappa shape index (κ2) is 5.61. The van der Waals surface area contributed by atoms with Gasteiger partial charge in [-0.1, -0.05) is 25.1 Å². The predicted octanol–water partition coefficient (Wildman–Crippen LogP) is 2.78. The number of esters is 1. The molecule has 1 aromatic carbocycles. The van der Waals surface area contributed by atoms with Gasteiger partial charge >= 0.3 is 12.1 Å². The van der Waals surface area contributed by atoms with Gasteiger partial charge in [0.1, 0.15) is 5.75 Å². The lowest BCUT2D eigenvalue weighted by Crippen LogP contribution is -2.37. The Morgan fingerprint density at radius 2 is 1.94 bits per heavy atom. The molecule has 0 aliphatic rings. The highest BCUT2D eigenvalue weighted by atomic mass is 19.3. The van der Waals surface area contributed by atoms with Crippen LogP contribution in [0.3, 0.4) is 0 Å². The monoisotopic (exact) mass is 244 g/mol. The first kappa shape index (κ1) is 13.4. The van der Waals surface area contributed by atoms with Crippen molar-refractivity contribution in [3.8, 4) is 5.75 Å². The van der Waals surface area contributed by atoms with E-state index in [1.807, 2.05) is 6.92 Å². The van der Waals surface area contributed by atoms with E-state index in [2.05, 4.69) is 9.47 Å². The molecule has 0 aliphatic heterocycles. The van der Waals surface area contributed by atoms with Crippen LogP contribution in [0.1, 0.15) is 19.4 Å². The van der Waals surface area contributed by atoms with E-state index in [-0.39, 0.29) is 12.4 Å². The SMILES string of the molecule is CCOC(=O)C(F)(F)Oc1ccccc1CC. The summed E-state index contributed by atoms with van der Waals surface area (Å²) in [5.41, 5.74) is 0.608. The van der Waals surface area contributed by atoms with Crippen LogP contribution in [0, 0.1) is 0 Å². The molecule has 0 unspecified atom stereocenters. The van der Waals surface area contributed by atoms with E-state index in [0.717, 1.165) is 0 Å². The van der Waals surface area contributed by atoms with E-state index in [4.69, 9.17) is 0 Å². The predicted molar refractivity (Wildman–Crippen MR) is 58.0 cm³/mol. The summed E-state index contributed by atoms with van der Waals surface area (Å²) in [4.78, 5) is 11.0. The van der Waals surface area contributed by atoms with Crippen LogP contribution >= 0.6 is 0 Å². The highest BCUT2D eigenvalue weighted by Crippen LogP contribution is 2.26. The third-order valence-corrected chi connectivity index (χ3v) is 2.10. The van der Waals surface area contributed by atoms with Crippen LogP contribution in [0.2, 0.25) is 0 Å². The van der Waals surface area contributed by atoms with E-state index >= 15 is 0 Å². The summed E-state index contributed by atoms with van der Waals surface area (Å²) < 4.78 is 35.3. The maximum absolute atomic E-state index is 13.3. The Morgan fingerprint density at radius 3 is 2.53 bits per heavy atom. The van der Waals surface area contributed by atoms with E-state index in [0.29, 0.717) is 12.0 Å². The summed E-state index contributed by atoms with van der Waals surface area (Å²) in [6.07, 6.45) is -3.42. The summed E-state index contributed by atoms with van der Waals surface area (Å²) >= 11 is 0. The van der Waals surface area contributed by atoms with E-state index in [1.54, 1.807) is 18.2 Å². The second-order valence-corrected chi connectivity index (χ2v) is 3.30. The van der Waals surface area contributed by atoms with E-state index < -0.39 is 12.1 Å². The number of carbonyl (C=O) groups excluding carboxylic acids is 1. The fourth-order valence-corrected chi connectivity index (χ4v) is 1.29. The lowest BCUT2D eigenvalue weighted by atomic mass is 10.1. The van der Waals surface area contributed by atoms with Crippen LogP contribution in [0.5, 0.6) is 5.75 Å². The van der Waals surface area contributed by atoms with Gasteiger partial charge < -0.3 is 9.47 Å². The van der Waals surface area contributed by atoms with Gasteiger partial charge in [0.2, 0.25) is 0 Å². The molecule has 0 saturated heterocycles. The standard InChI is InChI=1S/C12H14F2O3/c1-3-9-7-5-6-8-10(9)17-12(13,14)11(15)16-4-2/h5-8H,3-4H2,1-2H3. The summed E-state index contributed by atoms with van der Waals surface area (Å²) in [6, 6.07) is 6.34. The first-order valence-corrected chi connectivity index (χ1v) is 5.33. The zero-order chi connectivity index (χ0) is 12.9. The average molecular weight is 244 g/mol. The van der Waals surface area contributed by atoms with Crippen LogP contribution in [-0.4, -0.2) is 18.7 Å². The summed E-state index contributed by atoms with van der Waals surface area (Å²) in [5, 5.41) is 0. The number of hydrogen-bond acceptors (Lipinski definition) is 3. The topological polar surface area (TPSA) is 35.5 Å². The lowest BCUT2D eigenvalue weighted by Gasteiger charge is -2.17. The normalized spacial score (nSPS) is 11.1. The number of halogens is 2. The third kappa shape index (κ3) is 3.41. The molecule has 5 heteroatoms. The van der Waals surface area contributed by atoms with Crippen molar-refractivity contribution in [2.75, 3.05) is 6.61 Å². The summed E-state index contributed by atoms with van der Waals surface area (Å²) in [7, 11) is 0. The Hall–Kier alpha value is -1.65. The zero-order valence-electron chi connectivity index (χ0n) is 9.70. The lowest BCUT2D eigenvalue weighted by molar-refractivity contribution is -0.216. The molecular formula is C12H14F2O3. The van der Waals surface area contributed by atoms with Crippen molar-refractivity contribution in [1.29, 1.82) is 0 Å². The molecule has 0 aliphatic carbocycles. The number of rotatable bonds is 5. The fraction of sp³-hybridized carbons (Fsp3) is 0.417. The molecule has 0 N–H and O–H groups in total. The smallest absolute Gasteiger partial charge is 0.459 e. The molecule has 0 heterocycles. The van der Waals surface area contributed by atoms with Crippen LogP contribution in [0.25, 0.3) is 0 Å². The first-order chi connectivity index (χ1) is 8.01. The van der Waals surface area contributed by atoms with Gasteiger partial charge in [-0.2, -0.15) is 8.78 Å². The highest BCUT2D eigenvalue weighted by Gasteiger charge is 2.44. The molecule has 0 atom stereocenters. The van der Waals surface area contributed by atoms with Gasteiger partial charge in [0.25, 0.3) is 0 Å². The number of alkyl halides is 2. The van der Waals surface area contributed by atoms with Gasteiger partial charge in [0, 0.05) is 0 Å². The molecule has 0 spiro atoms. The maximum Gasteiger partial charge on any atom is 0.502 e. The van der Waals surface area contributed by atoms with Crippen molar-refractivity contribution < 1.29 is 23.0 Å². The Balaban J connectivity index is 2.85. The molecule has 0 aromatic heterocycles. The molecule has 17 heavy (non-hydrogen) atoms. The minimum absolute atomic E-state index is 0.00643. The van der Waals surface area contributed by atoms with Gasteiger partial charge in [0.15, 0.2) is 0 Å². The molecule has 1 aromatic rings. The molecule has 0 bridgehead atoms. The second-order valence-electron chi connectivity index (χ2n) is 3.30. The van der Waals surface area contributed by atoms with Gasteiger partial charge in [-0.3, -0.25) is 0 Å². The minimum atomic E-state index is -3.96. The Kier molecular flexibility index (Phi) is 4.43. The Morgan fingerprint density at radius 1 is 1.29 bits per heavy atom. The van der Waals surface area contributed by atoms with E-state index in [1.165, 1.54) is 13.0 Å². The van der Waals surface area contributed by atoms with Crippen molar-refractivity contribution in [2.45, 2.75) is 26.4 Å². The molecule has 1 rings (SSSR count). The number of benzene rings is 1. The summed E-state index contributed by atoms with van der Waals surface area (Å²) in [5.74, 6) is -1.68. The van der Waals surface area contributed by atoms with Crippen LogP contribution < -0.4 is 4.74 Å². The third-order valence-electron chi connectivity index (χ3n) is 2.10. The maximum atomic E-state index is 13.3. The number of carbonyl (C=O) groups is 1. The average Bonchev–Trinajstić information content (AvgIpc) is 2.29. The van der Waals surface area contributed by atoms with Crippen molar-refractivity contribution in [3.63, 3.8) is 0 Å². The molecule has 0 radical (unpaired) electrons. The van der Waals surface area contributed by atoms with Crippen molar-refractivity contribution >= 4 is 5.97 Å². The molecule has 0 fully saturated rings. The molecule has 0 saturated carbocycles. The first-order valence-electron chi connectivity index (χ1n) is 5.33. The van der Waals surface area contributed by atoms with Crippen LogP contribution in [-0.2, 0) is 16.0 Å². The molecule has 3 nitrogen and oxygen atoms in total. The van der Waals surface area contributed by atoms with Crippen molar-refractivity contribution in [2.24, 2.45) is 0 Å². The largest absolute Gasteiger partial charge is 0.502 e.